The minimum Gasteiger partial charge on any atom is -0.390 e. The van der Waals surface area contributed by atoms with E-state index in [1.165, 1.54) is 0 Å². The summed E-state index contributed by atoms with van der Waals surface area (Å²) >= 11 is 9.26. The molecule has 16 heavy (non-hydrogen) atoms. The molecule has 2 heterocycles. The summed E-state index contributed by atoms with van der Waals surface area (Å²) in [6, 6.07) is 3.60. The van der Waals surface area contributed by atoms with Crippen LogP contribution in [0.25, 0.3) is 5.69 Å². The van der Waals surface area contributed by atoms with Crippen LogP contribution in [-0.2, 0) is 6.61 Å². The third-order valence-electron chi connectivity index (χ3n) is 2.12. The first kappa shape index (κ1) is 11.6. The van der Waals surface area contributed by atoms with Gasteiger partial charge in [-0.2, -0.15) is 5.10 Å². The first-order chi connectivity index (χ1) is 7.63. The zero-order valence-corrected chi connectivity index (χ0v) is 10.8. The summed E-state index contributed by atoms with van der Waals surface area (Å²) in [6.45, 7) is 1.79. The maximum Gasteiger partial charge on any atom is 0.145 e. The molecule has 6 heteroatoms. The maximum atomic E-state index is 9.23. The Labute approximate surface area is 106 Å². The number of pyridine rings is 1. The van der Waals surface area contributed by atoms with Crippen LogP contribution >= 0.6 is 27.5 Å². The van der Waals surface area contributed by atoms with Crippen molar-refractivity contribution in [2.45, 2.75) is 13.5 Å². The van der Waals surface area contributed by atoms with E-state index in [2.05, 4.69) is 26.0 Å². The Morgan fingerprint density at radius 3 is 3.00 bits per heavy atom. The molecule has 84 valence electrons. The molecule has 0 aliphatic heterocycles. The van der Waals surface area contributed by atoms with Crippen LogP contribution in [0.15, 0.2) is 22.8 Å². The highest BCUT2D eigenvalue weighted by atomic mass is 79.9. The summed E-state index contributed by atoms with van der Waals surface area (Å²) in [5, 5.41) is 13.9. The van der Waals surface area contributed by atoms with Crippen molar-refractivity contribution in [3.63, 3.8) is 0 Å². The number of nitrogens with zero attached hydrogens (tertiary/aromatic N) is 3. The van der Waals surface area contributed by atoms with Crippen LogP contribution in [-0.4, -0.2) is 19.9 Å². The lowest BCUT2D eigenvalue weighted by Crippen LogP contribution is -2.03. The van der Waals surface area contributed by atoms with Crippen LogP contribution in [0.3, 0.4) is 0 Å². The Kier molecular flexibility index (Phi) is 3.28. The zero-order chi connectivity index (χ0) is 11.7. The van der Waals surface area contributed by atoms with Crippen molar-refractivity contribution in [2.24, 2.45) is 0 Å². The van der Waals surface area contributed by atoms with E-state index < -0.39 is 0 Å². The average molecular weight is 303 g/mol. The largest absolute Gasteiger partial charge is 0.390 e. The van der Waals surface area contributed by atoms with Gasteiger partial charge in [0.05, 0.1) is 28.2 Å². The molecule has 4 nitrogen and oxygen atoms in total. The molecule has 0 fully saturated rings. The lowest BCUT2D eigenvalue weighted by atomic mass is 10.3. The second-order valence-electron chi connectivity index (χ2n) is 3.28. The van der Waals surface area contributed by atoms with Gasteiger partial charge in [-0.05, 0) is 35.0 Å². The lowest BCUT2D eigenvalue weighted by molar-refractivity contribution is 0.273. The number of aromatic nitrogens is 3. The molecule has 0 saturated heterocycles. The number of aliphatic hydroxyl groups is 1. The fourth-order valence-corrected chi connectivity index (χ4v) is 2.00. The van der Waals surface area contributed by atoms with E-state index in [1.54, 1.807) is 16.9 Å². The standard InChI is InChI=1S/C10H9BrClN3O/c1-6-4-7(5-16)15(14-6)8-2-3-13-10(12)9(8)11/h2-4,16H,5H2,1H3. The summed E-state index contributed by atoms with van der Waals surface area (Å²) in [5.41, 5.74) is 2.31. The van der Waals surface area contributed by atoms with Crippen molar-refractivity contribution >= 4 is 27.5 Å². The van der Waals surface area contributed by atoms with Crippen molar-refractivity contribution in [1.82, 2.24) is 14.8 Å². The summed E-state index contributed by atoms with van der Waals surface area (Å²) in [4.78, 5) is 3.94. The molecule has 0 bridgehead atoms. The Morgan fingerprint density at radius 1 is 1.56 bits per heavy atom. The van der Waals surface area contributed by atoms with Gasteiger partial charge in [0, 0.05) is 6.20 Å². The first-order valence-electron chi connectivity index (χ1n) is 4.60. The highest BCUT2D eigenvalue weighted by Gasteiger charge is 2.12. The molecule has 0 unspecified atom stereocenters. The molecule has 0 saturated carbocycles. The van der Waals surface area contributed by atoms with Gasteiger partial charge in [0.2, 0.25) is 0 Å². The van der Waals surface area contributed by atoms with Gasteiger partial charge in [0.15, 0.2) is 0 Å². The van der Waals surface area contributed by atoms with Crippen LogP contribution in [0.4, 0.5) is 0 Å². The van der Waals surface area contributed by atoms with Gasteiger partial charge in [-0.15, -0.1) is 0 Å². The van der Waals surface area contributed by atoms with Crippen molar-refractivity contribution in [1.29, 1.82) is 0 Å². The highest BCUT2D eigenvalue weighted by molar-refractivity contribution is 9.10. The summed E-state index contributed by atoms with van der Waals surface area (Å²) in [6.07, 6.45) is 1.60. The Bertz CT molecular complexity index is 527. The van der Waals surface area contributed by atoms with Gasteiger partial charge < -0.3 is 5.11 Å². The van der Waals surface area contributed by atoms with Crippen LogP contribution in [0.5, 0.6) is 0 Å². The smallest absolute Gasteiger partial charge is 0.145 e. The molecule has 0 amide bonds. The molecule has 0 aliphatic rings. The van der Waals surface area contributed by atoms with Crippen molar-refractivity contribution < 1.29 is 5.11 Å². The molecule has 0 aliphatic carbocycles. The summed E-state index contributed by atoms with van der Waals surface area (Å²) in [5.74, 6) is 0. The molecule has 2 rings (SSSR count). The van der Waals surface area contributed by atoms with Crippen LogP contribution in [0.1, 0.15) is 11.4 Å². The van der Waals surface area contributed by atoms with Gasteiger partial charge in [-0.3, -0.25) is 0 Å². The second kappa shape index (κ2) is 4.53. The van der Waals surface area contributed by atoms with E-state index in [9.17, 15) is 5.11 Å². The molecule has 1 N–H and O–H groups in total. The van der Waals surface area contributed by atoms with E-state index >= 15 is 0 Å². The molecule has 0 radical (unpaired) electrons. The third kappa shape index (κ3) is 1.98. The number of hydrogen-bond acceptors (Lipinski definition) is 3. The fraction of sp³-hybridized carbons (Fsp3) is 0.200. The van der Waals surface area contributed by atoms with Crippen LogP contribution < -0.4 is 0 Å². The summed E-state index contributed by atoms with van der Waals surface area (Å²) in [7, 11) is 0. The molecule has 0 atom stereocenters. The van der Waals surface area contributed by atoms with Crippen molar-refractivity contribution in [3.8, 4) is 5.69 Å². The minimum atomic E-state index is -0.0762. The normalized spacial score (nSPS) is 10.8. The topological polar surface area (TPSA) is 50.9 Å². The quantitative estimate of drug-likeness (QED) is 0.867. The lowest BCUT2D eigenvalue weighted by Gasteiger charge is -2.08. The molecule has 0 aromatic carbocycles. The second-order valence-corrected chi connectivity index (χ2v) is 4.43. The van der Waals surface area contributed by atoms with Gasteiger partial charge in [-0.1, -0.05) is 11.6 Å². The van der Waals surface area contributed by atoms with E-state index in [-0.39, 0.29) is 6.61 Å². The predicted octanol–water partition coefficient (Wildman–Crippen LogP) is 2.48. The maximum absolute atomic E-state index is 9.23. The monoisotopic (exact) mass is 301 g/mol. The Morgan fingerprint density at radius 2 is 2.31 bits per heavy atom. The molecule has 2 aromatic heterocycles. The fourth-order valence-electron chi connectivity index (χ4n) is 1.45. The van der Waals surface area contributed by atoms with E-state index in [4.69, 9.17) is 11.6 Å². The SMILES string of the molecule is Cc1cc(CO)n(-c2ccnc(Cl)c2Br)n1. The number of aliphatic hydroxyl groups excluding tert-OH is 1. The minimum absolute atomic E-state index is 0.0762. The van der Waals surface area contributed by atoms with Gasteiger partial charge in [0.25, 0.3) is 0 Å². The summed E-state index contributed by atoms with van der Waals surface area (Å²) < 4.78 is 2.31. The van der Waals surface area contributed by atoms with Crippen LogP contribution in [0.2, 0.25) is 5.15 Å². The number of hydrogen-bond donors (Lipinski definition) is 1. The predicted molar refractivity (Wildman–Crippen MR) is 64.7 cm³/mol. The van der Waals surface area contributed by atoms with Gasteiger partial charge in [0.1, 0.15) is 5.15 Å². The Hall–Kier alpha value is -0.910. The van der Waals surface area contributed by atoms with Crippen molar-refractivity contribution in [3.05, 3.63) is 39.3 Å². The van der Waals surface area contributed by atoms with E-state index in [0.717, 1.165) is 11.4 Å². The number of aryl methyl sites for hydroxylation is 1. The van der Waals surface area contributed by atoms with Gasteiger partial charge >= 0.3 is 0 Å². The average Bonchev–Trinajstić information content (AvgIpc) is 2.63. The molecule has 2 aromatic rings. The molecular formula is C10H9BrClN3O. The first-order valence-corrected chi connectivity index (χ1v) is 5.77. The highest BCUT2D eigenvalue weighted by Crippen LogP contribution is 2.27. The van der Waals surface area contributed by atoms with E-state index in [1.807, 2.05) is 13.0 Å². The Balaban J connectivity index is 2.62. The third-order valence-corrected chi connectivity index (χ3v) is 3.42. The van der Waals surface area contributed by atoms with Crippen molar-refractivity contribution in [2.75, 3.05) is 0 Å². The van der Waals surface area contributed by atoms with Gasteiger partial charge in [-0.25, -0.2) is 9.67 Å². The van der Waals surface area contributed by atoms with E-state index in [0.29, 0.717) is 15.3 Å². The zero-order valence-electron chi connectivity index (χ0n) is 8.48. The molecular weight excluding hydrogens is 293 g/mol. The van der Waals surface area contributed by atoms with Crippen LogP contribution in [0, 0.1) is 6.92 Å². The number of rotatable bonds is 2. The molecule has 0 spiro atoms. The number of halogens is 2.